The van der Waals surface area contributed by atoms with Crippen molar-refractivity contribution in [3.05, 3.63) is 0 Å². The van der Waals surface area contributed by atoms with Crippen molar-refractivity contribution in [3.8, 4) is 0 Å². The Kier molecular flexibility index (Phi) is 7.03. The third-order valence-electron chi connectivity index (χ3n) is 4.24. The quantitative estimate of drug-likeness (QED) is 0.809. The molecule has 1 heterocycles. The van der Waals surface area contributed by atoms with Crippen LogP contribution in [0, 0.1) is 11.3 Å². The standard InChI is InChI=1S/C17H30N2O4/c1-17(2,3)9-5-8-14(20)18(4)12-15(21)19-10-6-7-13(11-19)16(22)23/h13H,5-12H2,1-4H3,(H,22,23). The highest BCUT2D eigenvalue weighted by atomic mass is 16.4. The van der Waals surface area contributed by atoms with Crippen LogP contribution in [0.15, 0.2) is 0 Å². The number of likely N-dealkylation sites (N-methyl/N-ethyl adjacent to an activating group) is 1. The summed E-state index contributed by atoms with van der Waals surface area (Å²) in [6.07, 6.45) is 3.53. The van der Waals surface area contributed by atoms with Crippen molar-refractivity contribution in [2.75, 3.05) is 26.7 Å². The normalized spacial score (nSPS) is 18.6. The summed E-state index contributed by atoms with van der Waals surface area (Å²) in [4.78, 5) is 38.4. The number of amides is 2. The van der Waals surface area contributed by atoms with Gasteiger partial charge in [-0.25, -0.2) is 0 Å². The molecule has 0 radical (unpaired) electrons. The number of rotatable bonds is 6. The Labute approximate surface area is 138 Å². The predicted octanol–water partition coefficient (Wildman–Crippen LogP) is 1.98. The largest absolute Gasteiger partial charge is 0.481 e. The van der Waals surface area contributed by atoms with Gasteiger partial charge in [-0.1, -0.05) is 20.8 Å². The summed E-state index contributed by atoms with van der Waals surface area (Å²) in [5, 5.41) is 9.07. The van der Waals surface area contributed by atoms with E-state index in [1.807, 2.05) is 0 Å². The third-order valence-corrected chi connectivity index (χ3v) is 4.24. The molecule has 23 heavy (non-hydrogen) atoms. The van der Waals surface area contributed by atoms with E-state index in [4.69, 9.17) is 5.11 Å². The minimum absolute atomic E-state index is 0.0285. The molecule has 1 atom stereocenters. The van der Waals surface area contributed by atoms with Gasteiger partial charge in [0.05, 0.1) is 12.5 Å². The number of hydrogen-bond acceptors (Lipinski definition) is 3. The fraction of sp³-hybridized carbons (Fsp3) is 0.824. The molecule has 6 nitrogen and oxygen atoms in total. The van der Waals surface area contributed by atoms with Crippen LogP contribution in [0.3, 0.4) is 0 Å². The molecule has 1 saturated heterocycles. The van der Waals surface area contributed by atoms with Gasteiger partial charge in [-0.3, -0.25) is 14.4 Å². The second-order valence-corrected chi connectivity index (χ2v) is 7.68. The van der Waals surface area contributed by atoms with Crippen molar-refractivity contribution in [1.82, 2.24) is 9.80 Å². The van der Waals surface area contributed by atoms with Gasteiger partial charge in [0.1, 0.15) is 0 Å². The van der Waals surface area contributed by atoms with Gasteiger partial charge in [0, 0.05) is 26.6 Å². The summed E-state index contributed by atoms with van der Waals surface area (Å²) in [5.74, 6) is -1.54. The molecule has 1 aliphatic heterocycles. The van der Waals surface area contributed by atoms with Gasteiger partial charge in [0.15, 0.2) is 0 Å². The summed E-state index contributed by atoms with van der Waals surface area (Å²) in [5.41, 5.74) is 0.203. The lowest BCUT2D eigenvalue weighted by molar-refractivity contribution is -0.147. The molecule has 6 heteroatoms. The van der Waals surface area contributed by atoms with Crippen molar-refractivity contribution >= 4 is 17.8 Å². The van der Waals surface area contributed by atoms with Gasteiger partial charge in [0.2, 0.25) is 11.8 Å². The minimum atomic E-state index is -0.853. The lowest BCUT2D eigenvalue weighted by Crippen LogP contribution is -2.46. The molecule has 1 unspecified atom stereocenters. The van der Waals surface area contributed by atoms with E-state index in [1.54, 1.807) is 11.9 Å². The predicted molar refractivity (Wildman–Crippen MR) is 87.9 cm³/mol. The lowest BCUT2D eigenvalue weighted by atomic mass is 9.90. The van der Waals surface area contributed by atoms with E-state index >= 15 is 0 Å². The Morgan fingerprint density at radius 3 is 2.48 bits per heavy atom. The Morgan fingerprint density at radius 1 is 1.26 bits per heavy atom. The first-order chi connectivity index (χ1) is 10.6. The molecular weight excluding hydrogens is 296 g/mol. The Hall–Kier alpha value is -1.59. The first-order valence-electron chi connectivity index (χ1n) is 8.34. The van der Waals surface area contributed by atoms with Crippen molar-refractivity contribution in [1.29, 1.82) is 0 Å². The van der Waals surface area contributed by atoms with Crippen LogP contribution in [-0.2, 0) is 14.4 Å². The van der Waals surface area contributed by atoms with Crippen molar-refractivity contribution in [2.24, 2.45) is 11.3 Å². The Bertz CT molecular complexity index is 442. The Balaban J connectivity index is 2.40. The SMILES string of the molecule is CN(CC(=O)N1CCCC(C(=O)O)C1)C(=O)CCCC(C)(C)C. The van der Waals surface area contributed by atoms with Crippen molar-refractivity contribution in [3.63, 3.8) is 0 Å². The molecule has 1 N–H and O–H groups in total. The number of hydrogen-bond donors (Lipinski definition) is 1. The fourth-order valence-electron chi connectivity index (χ4n) is 2.76. The number of piperidine rings is 1. The number of likely N-dealkylation sites (tertiary alicyclic amines) is 1. The second kappa shape index (κ2) is 8.31. The first-order valence-corrected chi connectivity index (χ1v) is 8.34. The molecule has 132 valence electrons. The zero-order valence-electron chi connectivity index (χ0n) is 14.8. The molecule has 0 saturated carbocycles. The zero-order chi connectivity index (χ0) is 17.6. The van der Waals surface area contributed by atoms with E-state index in [1.165, 1.54) is 4.90 Å². The van der Waals surface area contributed by atoms with Crippen LogP contribution in [0.2, 0.25) is 0 Å². The van der Waals surface area contributed by atoms with Gasteiger partial charge in [0.25, 0.3) is 0 Å². The molecule has 0 spiro atoms. The maximum absolute atomic E-state index is 12.3. The van der Waals surface area contributed by atoms with Crippen LogP contribution in [0.4, 0.5) is 0 Å². The molecule has 1 aliphatic rings. The summed E-state index contributed by atoms with van der Waals surface area (Å²) >= 11 is 0. The fourth-order valence-corrected chi connectivity index (χ4v) is 2.76. The van der Waals surface area contributed by atoms with Crippen LogP contribution in [0.1, 0.15) is 52.9 Å². The monoisotopic (exact) mass is 326 g/mol. The molecule has 1 rings (SSSR count). The summed E-state index contributed by atoms with van der Waals surface area (Å²) in [6, 6.07) is 0. The van der Waals surface area contributed by atoms with Gasteiger partial charge in [-0.15, -0.1) is 0 Å². The van der Waals surface area contributed by atoms with E-state index in [-0.39, 0.29) is 30.3 Å². The number of nitrogens with zero attached hydrogens (tertiary/aromatic N) is 2. The summed E-state index contributed by atoms with van der Waals surface area (Å²) in [7, 11) is 1.63. The smallest absolute Gasteiger partial charge is 0.308 e. The van der Waals surface area contributed by atoms with Gasteiger partial charge >= 0.3 is 5.97 Å². The highest BCUT2D eigenvalue weighted by Gasteiger charge is 2.28. The lowest BCUT2D eigenvalue weighted by Gasteiger charge is -2.32. The Morgan fingerprint density at radius 2 is 1.91 bits per heavy atom. The number of carboxylic acid groups (broad SMARTS) is 1. The minimum Gasteiger partial charge on any atom is -0.481 e. The van der Waals surface area contributed by atoms with Crippen LogP contribution in [-0.4, -0.2) is 59.4 Å². The number of carboxylic acids is 1. The first kappa shape index (κ1) is 19.5. The molecule has 0 aromatic rings. The van der Waals surface area contributed by atoms with Crippen LogP contribution in [0.25, 0.3) is 0 Å². The molecule has 1 fully saturated rings. The third kappa shape index (κ3) is 7.01. The average molecular weight is 326 g/mol. The summed E-state index contributed by atoms with van der Waals surface area (Å²) < 4.78 is 0. The molecule has 0 aromatic carbocycles. The molecule has 2 amide bonds. The molecular formula is C17H30N2O4. The van der Waals surface area contributed by atoms with Crippen LogP contribution < -0.4 is 0 Å². The van der Waals surface area contributed by atoms with E-state index in [9.17, 15) is 14.4 Å². The topological polar surface area (TPSA) is 77.9 Å². The highest BCUT2D eigenvalue weighted by molar-refractivity contribution is 5.85. The van der Waals surface area contributed by atoms with Gasteiger partial charge < -0.3 is 14.9 Å². The number of aliphatic carboxylic acids is 1. The average Bonchev–Trinajstić information content (AvgIpc) is 2.45. The second-order valence-electron chi connectivity index (χ2n) is 7.68. The number of carbonyl (C=O) groups is 3. The maximum Gasteiger partial charge on any atom is 0.308 e. The highest BCUT2D eigenvalue weighted by Crippen LogP contribution is 2.22. The molecule has 0 aliphatic carbocycles. The van der Waals surface area contributed by atoms with E-state index in [0.29, 0.717) is 25.8 Å². The van der Waals surface area contributed by atoms with Gasteiger partial charge in [-0.2, -0.15) is 0 Å². The van der Waals surface area contributed by atoms with E-state index in [2.05, 4.69) is 20.8 Å². The summed E-state index contributed by atoms with van der Waals surface area (Å²) in [6.45, 7) is 7.27. The van der Waals surface area contributed by atoms with Crippen LogP contribution >= 0.6 is 0 Å². The van der Waals surface area contributed by atoms with Crippen LogP contribution in [0.5, 0.6) is 0 Å². The van der Waals surface area contributed by atoms with E-state index in [0.717, 1.165) is 12.8 Å². The molecule has 0 bridgehead atoms. The zero-order valence-corrected chi connectivity index (χ0v) is 14.8. The van der Waals surface area contributed by atoms with Crippen molar-refractivity contribution in [2.45, 2.75) is 52.9 Å². The maximum atomic E-state index is 12.3. The van der Waals surface area contributed by atoms with E-state index < -0.39 is 11.9 Å². The number of carbonyl (C=O) groups excluding carboxylic acids is 2. The molecule has 0 aromatic heterocycles. The van der Waals surface area contributed by atoms with Crippen molar-refractivity contribution < 1.29 is 19.5 Å². The van der Waals surface area contributed by atoms with Gasteiger partial charge in [-0.05, 0) is 31.1 Å².